The van der Waals surface area contributed by atoms with E-state index in [0.717, 1.165) is 17.7 Å². The van der Waals surface area contributed by atoms with Crippen LogP contribution in [0.2, 0.25) is 0 Å². The van der Waals surface area contributed by atoms with Gasteiger partial charge < -0.3 is 19.7 Å². The number of hydrogen-bond donors (Lipinski definition) is 1. The molecule has 2 amide bonds. The molecule has 0 saturated carbocycles. The van der Waals surface area contributed by atoms with E-state index in [4.69, 9.17) is 9.47 Å². The molecular weight excluding hydrogens is 406 g/mol. The van der Waals surface area contributed by atoms with Gasteiger partial charge in [-0.05, 0) is 23.8 Å². The van der Waals surface area contributed by atoms with Crippen molar-refractivity contribution in [2.45, 2.75) is 24.3 Å². The number of hydrogen-bond acceptors (Lipinski definition) is 4. The average molecular weight is 430 g/mol. The molecule has 1 N–H and O–H groups in total. The van der Waals surface area contributed by atoms with Crippen LogP contribution in [0.5, 0.6) is 5.75 Å². The molecule has 2 saturated heterocycles. The highest BCUT2D eigenvalue weighted by Crippen LogP contribution is 2.38. The van der Waals surface area contributed by atoms with Gasteiger partial charge in [-0.15, -0.1) is 0 Å². The highest BCUT2D eigenvalue weighted by Gasteiger charge is 2.50. The molecule has 8 heteroatoms. The topological polar surface area (TPSA) is 67.9 Å². The van der Waals surface area contributed by atoms with Crippen LogP contribution in [0.25, 0.3) is 0 Å². The molecule has 0 radical (unpaired) electrons. The Hall–Kier alpha value is -3.00. The molecule has 6 nitrogen and oxygen atoms in total. The number of carbonyl (C=O) groups excluding carboxylic acids is 2. The minimum absolute atomic E-state index is 0.124. The number of amides is 2. The van der Waals surface area contributed by atoms with Gasteiger partial charge in [0.15, 0.2) is 11.6 Å². The average Bonchev–Trinajstić information content (AvgIpc) is 3.01. The maximum atomic E-state index is 14.0. The first kappa shape index (κ1) is 21.2. The molecule has 0 bridgehead atoms. The van der Waals surface area contributed by atoms with E-state index in [-0.39, 0.29) is 51.0 Å². The van der Waals surface area contributed by atoms with Gasteiger partial charge in [0, 0.05) is 31.0 Å². The van der Waals surface area contributed by atoms with Gasteiger partial charge >= 0.3 is 0 Å². The smallest absolute Gasteiger partial charge is 0.227 e. The normalized spacial score (nSPS) is 23.5. The Morgan fingerprint density at radius 3 is 2.84 bits per heavy atom. The molecule has 2 atom stereocenters. The molecule has 2 aromatic rings. The second-order valence-electron chi connectivity index (χ2n) is 8.00. The number of rotatable bonds is 4. The van der Waals surface area contributed by atoms with Gasteiger partial charge in [0.05, 0.1) is 32.3 Å². The van der Waals surface area contributed by atoms with Crippen molar-refractivity contribution in [3.63, 3.8) is 0 Å². The standard InChI is InChI=1S/C23H24F2N2O4/c1-30-20-5-3-2-4-16(20)11-22(29)27-12-17(15-6-7-18(24)19(25)10-15)23(13-27)14-31-9-8-21(28)26-23/h2-7,10,17H,8-9,11-14H2,1H3,(H,26,28)/t17-,23-/m0/s1. The summed E-state index contributed by atoms with van der Waals surface area (Å²) < 4.78 is 38.5. The third kappa shape index (κ3) is 4.25. The van der Waals surface area contributed by atoms with Crippen LogP contribution < -0.4 is 10.1 Å². The van der Waals surface area contributed by atoms with E-state index in [1.54, 1.807) is 18.1 Å². The number of nitrogens with zero attached hydrogens (tertiary/aromatic N) is 1. The largest absolute Gasteiger partial charge is 0.496 e. The van der Waals surface area contributed by atoms with Gasteiger partial charge in [0.25, 0.3) is 0 Å². The summed E-state index contributed by atoms with van der Waals surface area (Å²) in [6.07, 6.45) is 0.334. The summed E-state index contributed by atoms with van der Waals surface area (Å²) in [4.78, 5) is 27.2. The predicted molar refractivity (Wildman–Crippen MR) is 109 cm³/mol. The third-order valence-electron chi connectivity index (χ3n) is 6.00. The summed E-state index contributed by atoms with van der Waals surface area (Å²) in [7, 11) is 1.55. The first-order valence-electron chi connectivity index (χ1n) is 10.2. The van der Waals surface area contributed by atoms with Crippen molar-refractivity contribution < 1.29 is 27.8 Å². The summed E-state index contributed by atoms with van der Waals surface area (Å²) in [6.45, 7) is 0.924. The van der Waals surface area contributed by atoms with E-state index in [1.165, 1.54) is 6.07 Å². The van der Waals surface area contributed by atoms with E-state index in [9.17, 15) is 18.4 Å². The Morgan fingerprint density at radius 1 is 1.26 bits per heavy atom. The van der Waals surface area contributed by atoms with E-state index < -0.39 is 23.1 Å². The third-order valence-corrected chi connectivity index (χ3v) is 6.00. The van der Waals surface area contributed by atoms with Gasteiger partial charge in [0.1, 0.15) is 5.75 Å². The van der Waals surface area contributed by atoms with Gasteiger partial charge in [-0.3, -0.25) is 9.59 Å². The van der Waals surface area contributed by atoms with Crippen LogP contribution in [0.3, 0.4) is 0 Å². The van der Waals surface area contributed by atoms with E-state index >= 15 is 0 Å². The lowest BCUT2D eigenvalue weighted by Gasteiger charge is -2.34. The first-order valence-corrected chi connectivity index (χ1v) is 10.2. The van der Waals surface area contributed by atoms with Crippen molar-refractivity contribution in [1.82, 2.24) is 10.2 Å². The maximum Gasteiger partial charge on any atom is 0.227 e. The molecule has 0 unspecified atom stereocenters. The fourth-order valence-corrected chi connectivity index (χ4v) is 4.45. The number of benzene rings is 2. The van der Waals surface area contributed by atoms with Crippen molar-refractivity contribution in [3.05, 3.63) is 65.2 Å². The second kappa shape index (κ2) is 8.63. The Kier molecular flexibility index (Phi) is 5.91. The van der Waals surface area contributed by atoms with Crippen molar-refractivity contribution in [1.29, 1.82) is 0 Å². The molecule has 2 aliphatic heterocycles. The van der Waals surface area contributed by atoms with Crippen molar-refractivity contribution in [2.24, 2.45) is 0 Å². The van der Waals surface area contributed by atoms with Crippen LogP contribution in [-0.2, 0) is 20.7 Å². The number of nitrogens with one attached hydrogen (secondary N) is 1. The van der Waals surface area contributed by atoms with Crippen LogP contribution in [0, 0.1) is 11.6 Å². The molecule has 2 aromatic carbocycles. The minimum Gasteiger partial charge on any atom is -0.496 e. The highest BCUT2D eigenvalue weighted by atomic mass is 19.2. The number of methoxy groups -OCH3 is 1. The number of likely N-dealkylation sites (tertiary alicyclic amines) is 1. The molecule has 1 spiro atoms. The maximum absolute atomic E-state index is 14.0. The van der Waals surface area contributed by atoms with E-state index in [1.807, 2.05) is 18.2 Å². The second-order valence-corrected chi connectivity index (χ2v) is 8.00. The molecule has 0 aromatic heterocycles. The Balaban J connectivity index is 1.64. The zero-order valence-corrected chi connectivity index (χ0v) is 17.2. The number of halogens is 2. The lowest BCUT2D eigenvalue weighted by atomic mass is 9.82. The summed E-state index contributed by atoms with van der Waals surface area (Å²) >= 11 is 0. The van der Waals surface area contributed by atoms with Crippen LogP contribution in [0.4, 0.5) is 8.78 Å². The molecular formula is C23H24F2N2O4. The Bertz CT molecular complexity index is 999. The Labute approximate surface area is 179 Å². The van der Waals surface area contributed by atoms with Crippen LogP contribution in [0.1, 0.15) is 23.5 Å². The number of ether oxygens (including phenoxy) is 2. The van der Waals surface area contributed by atoms with Crippen LogP contribution >= 0.6 is 0 Å². The monoisotopic (exact) mass is 430 g/mol. The zero-order chi connectivity index (χ0) is 22.0. The fourth-order valence-electron chi connectivity index (χ4n) is 4.45. The number of carbonyl (C=O) groups is 2. The van der Waals surface area contributed by atoms with Crippen LogP contribution in [-0.4, -0.2) is 55.7 Å². The Morgan fingerprint density at radius 2 is 2.06 bits per heavy atom. The van der Waals surface area contributed by atoms with Crippen molar-refractivity contribution >= 4 is 11.8 Å². The van der Waals surface area contributed by atoms with Crippen LogP contribution in [0.15, 0.2) is 42.5 Å². The fraction of sp³-hybridized carbons (Fsp3) is 0.391. The molecule has 4 rings (SSSR count). The molecule has 164 valence electrons. The molecule has 31 heavy (non-hydrogen) atoms. The highest BCUT2D eigenvalue weighted by molar-refractivity contribution is 5.81. The predicted octanol–water partition coefficient (Wildman–Crippen LogP) is 2.42. The first-order chi connectivity index (χ1) is 14.9. The van der Waals surface area contributed by atoms with Gasteiger partial charge in [0.2, 0.25) is 11.8 Å². The zero-order valence-electron chi connectivity index (χ0n) is 17.2. The van der Waals surface area contributed by atoms with Gasteiger partial charge in [-0.1, -0.05) is 24.3 Å². The van der Waals surface area contributed by atoms with Gasteiger partial charge in [-0.25, -0.2) is 8.78 Å². The lowest BCUT2D eigenvalue weighted by Crippen LogP contribution is -2.55. The van der Waals surface area contributed by atoms with Crippen molar-refractivity contribution in [2.75, 3.05) is 33.4 Å². The van der Waals surface area contributed by atoms with E-state index in [0.29, 0.717) is 11.3 Å². The molecule has 2 fully saturated rings. The van der Waals surface area contributed by atoms with Gasteiger partial charge in [-0.2, -0.15) is 0 Å². The summed E-state index contributed by atoms with van der Waals surface area (Å²) in [5.74, 6) is -2.07. The molecule has 2 aliphatic rings. The molecule has 0 aliphatic carbocycles. The molecule has 2 heterocycles. The number of para-hydroxylation sites is 1. The van der Waals surface area contributed by atoms with Crippen molar-refractivity contribution in [3.8, 4) is 5.75 Å². The SMILES string of the molecule is COc1ccccc1CC(=O)N1C[C@@H](c2ccc(F)c(F)c2)[C@@]2(COCCC(=O)N2)C1. The quantitative estimate of drug-likeness (QED) is 0.809. The summed E-state index contributed by atoms with van der Waals surface area (Å²) in [5.41, 5.74) is 0.354. The summed E-state index contributed by atoms with van der Waals surface area (Å²) in [5, 5.41) is 3.01. The minimum atomic E-state index is -0.965. The summed E-state index contributed by atoms with van der Waals surface area (Å²) in [6, 6.07) is 11.0. The van der Waals surface area contributed by atoms with E-state index in [2.05, 4.69) is 5.32 Å². The lowest BCUT2D eigenvalue weighted by molar-refractivity contribution is -0.130.